The molecule has 3 N–H and O–H groups in total. The van der Waals surface area contributed by atoms with E-state index in [-0.39, 0.29) is 0 Å². The van der Waals surface area contributed by atoms with Gasteiger partial charge in [-0.25, -0.2) is 9.67 Å². The van der Waals surface area contributed by atoms with Gasteiger partial charge in [0.25, 0.3) is 0 Å². The lowest BCUT2D eigenvalue weighted by atomic mass is 10.1. The summed E-state index contributed by atoms with van der Waals surface area (Å²) < 4.78 is 1.92. The fourth-order valence-electron chi connectivity index (χ4n) is 2.82. The Kier molecular flexibility index (Phi) is 5.48. The molecule has 2 aromatic heterocycles. The van der Waals surface area contributed by atoms with Crippen LogP contribution < -0.4 is 16.0 Å². The van der Waals surface area contributed by atoms with Gasteiger partial charge in [0, 0.05) is 42.8 Å². The van der Waals surface area contributed by atoms with Crippen molar-refractivity contribution in [1.29, 1.82) is 0 Å². The van der Waals surface area contributed by atoms with Crippen molar-refractivity contribution in [1.82, 2.24) is 25.1 Å². The van der Waals surface area contributed by atoms with Crippen molar-refractivity contribution in [2.75, 3.05) is 24.7 Å². The molecule has 0 saturated heterocycles. The fourth-order valence-corrected chi connectivity index (χ4v) is 2.82. The Morgan fingerprint density at radius 3 is 2.69 bits per heavy atom. The first kappa shape index (κ1) is 17.9. The molecule has 7 heteroatoms. The third kappa shape index (κ3) is 4.00. The van der Waals surface area contributed by atoms with Crippen molar-refractivity contribution in [2.45, 2.75) is 26.8 Å². The Bertz CT molecular complexity index is 885. The van der Waals surface area contributed by atoms with Gasteiger partial charge in [-0.3, -0.25) is 0 Å². The minimum Gasteiger partial charge on any atom is -0.373 e. The van der Waals surface area contributed by atoms with Gasteiger partial charge in [0.15, 0.2) is 0 Å². The van der Waals surface area contributed by atoms with Gasteiger partial charge in [-0.1, -0.05) is 13.0 Å². The molecule has 0 aliphatic heterocycles. The number of hydrogen-bond acceptors (Lipinski definition) is 6. The zero-order chi connectivity index (χ0) is 18.5. The van der Waals surface area contributed by atoms with Gasteiger partial charge < -0.3 is 16.0 Å². The number of nitrogens with zero attached hydrogens (tertiary/aromatic N) is 4. The number of aromatic nitrogens is 4. The van der Waals surface area contributed by atoms with Crippen molar-refractivity contribution in [2.24, 2.45) is 0 Å². The molecule has 0 aliphatic rings. The maximum atomic E-state index is 4.51. The average molecular weight is 351 g/mol. The Labute approximate surface area is 153 Å². The predicted octanol–water partition coefficient (Wildman–Crippen LogP) is 3.04. The van der Waals surface area contributed by atoms with Crippen LogP contribution in [-0.2, 0) is 13.0 Å². The van der Waals surface area contributed by atoms with Gasteiger partial charge in [0.1, 0.15) is 5.82 Å². The smallest absolute Gasteiger partial charge is 0.229 e. The second-order valence-electron chi connectivity index (χ2n) is 6.11. The van der Waals surface area contributed by atoms with Gasteiger partial charge in [0.05, 0.1) is 11.9 Å². The van der Waals surface area contributed by atoms with Gasteiger partial charge in [-0.15, -0.1) is 0 Å². The SMILES string of the molecule is CCc1ccc(Nc2nc(C)cc(NC)n2)cc1-n1cc(CNC)cn1. The third-order valence-electron chi connectivity index (χ3n) is 4.10. The lowest BCUT2D eigenvalue weighted by Crippen LogP contribution is -2.05. The van der Waals surface area contributed by atoms with E-state index in [1.165, 1.54) is 5.56 Å². The molecule has 0 spiro atoms. The van der Waals surface area contributed by atoms with E-state index in [0.29, 0.717) is 5.95 Å². The van der Waals surface area contributed by atoms with Gasteiger partial charge in [0.2, 0.25) is 5.95 Å². The van der Waals surface area contributed by atoms with Crippen LogP contribution in [0.1, 0.15) is 23.7 Å². The molecule has 7 nitrogen and oxygen atoms in total. The Balaban J connectivity index is 1.93. The first-order valence-electron chi connectivity index (χ1n) is 8.74. The van der Waals surface area contributed by atoms with Crippen LogP contribution in [0.25, 0.3) is 5.69 Å². The molecule has 3 aromatic rings. The van der Waals surface area contributed by atoms with Crippen molar-refractivity contribution >= 4 is 17.5 Å². The molecule has 0 fully saturated rings. The number of aryl methyl sites for hydroxylation is 2. The molecular weight excluding hydrogens is 326 g/mol. The molecule has 26 heavy (non-hydrogen) atoms. The molecular formula is C19H25N7. The van der Waals surface area contributed by atoms with Crippen LogP contribution >= 0.6 is 0 Å². The molecule has 2 heterocycles. The Hall–Kier alpha value is -2.93. The second-order valence-corrected chi connectivity index (χ2v) is 6.11. The van der Waals surface area contributed by atoms with Crippen LogP contribution in [0.15, 0.2) is 36.7 Å². The summed E-state index contributed by atoms with van der Waals surface area (Å²) >= 11 is 0. The highest BCUT2D eigenvalue weighted by Crippen LogP contribution is 2.23. The molecule has 0 saturated carbocycles. The topological polar surface area (TPSA) is 79.7 Å². The number of nitrogens with one attached hydrogen (secondary N) is 3. The highest BCUT2D eigenvalue weighted by atomic mass is 15.3. The largest absolute Gasteiger partial charge is 0.373 e. The predicted molar refractivity (Wildman–Crippen MR) is 105 cm³/mol. The van der Waals surface area contributed by atoms with Crippen LogP contribution in [0.5, 0.6) is 0 Å². The van der Waals surface area contributed by atoms with Gasteiger partial charge in [-0.2, -0.15) is 10.1 Å². The molecule has 0 aliphatic carbocycles. The van der Waals surface area contributed by atoms with Crippen molar-refractivity contribution in [3.8, 4) is 5.69 Å². The minimum atomic E-state index is 0.570. The standard InChI is InChI=1S/C19H25N7/c1-5-15-6-7-16(24-19-23-13(2)8-18(21-4)25-19)9-17(15)26-12-14(10-20-3)11-22-26/h6-9,11-12,20H,5,10H2,1-4H3,(H2,21,23,24,25). The zero-order valence-electron chi connectivity index (χ0n) is 15.7. The third-order valence-corrected chi connectivity index (χ3v) is 4.10. The van der Waals surface area contributed by atoms with Crippen molar-refractivity contribution < 1.29 is 0 Å². The number of hydrogen-bond donors (Lipinski definition) is 3. The molecule has 0 unspecified atom stereocenters. The van der Waals surface area contributed by atoms with Crippen molar-refractivity contribution in [3.63, 3.8) is 0 Å². The van der Waals surface area contributed by atoms with E-state index in [0.717, 1.165) is 41.4 Å². The molecule has 0 radical (unpaired) electrons. The summed E-state index contributed by atoms with van der Waals surface area (Å²) in [4.78, 5) is 8.91. The van der Waals surface area contributed by atoms with E-state index < -0.39 is 0 Å². The van der Waals surface area contributed by atoms with E-state index in [1.807, 2.05) is 44.0 Å². The monoisotopic (exact) mass is 351 g/mol. The van der Waals surface area contributed by atoms with Crippen molar-refractivity contribution in [3.05, 3.63) is 53.5 Å². The zero-order valence-corrected chi connectivity index (χ0v) is 15.7. The molecule has 0 bridgehead atoms. The quantitative estimate of drug-likeness (QED) is 0.607. The van der Waals surface area contributed by atoms with Crippen LogP contribution in [0, 0.1) is 6.92 Å². The van der Waals surface area contributed by atoms with E-state index in [4.69, 9.17) is 0 Å². The van der Waals surface area contributed by atoms with Crippen LogP contribution in [-0.4, -0.2) is 33.8 Å². The van der Waals surface area contributed by atoms with E-state index in [2.05, 4.69) is 56.3 Å². The number of rotatable bonds is 7. The van der Waals surface area contributed by atoms with E-state index in [1.54, 1.807) is 0 Å². The lowest BCUT2D eigenvalue weighted by Gasteiger charge is -2.12. The summed E-state index contributed by atoms with van der Waals surface area (Å²) in [5.41, 5.74) is 5.27. The average Bonchev–Trinajstić information content (AvgIpc) is 3.10. The molecule has 136 valence electrons. The summed E-state index contributed by atoms with van der Waals surface area (Å²) in [5.74, 6) is 1.36. The maximum absolute atomic E-state index is 4.51. The summed E-state index contributed by atoms with van der Waals surface area (Å²) in [7, 11) is 3.78. The minimum absolute atomic E-state index is 0.570. The summed E-state index contributed by atoms with van der Waals surface area (Å²) in [6.07, 6.45) is 4.87. The maximum Gasteiger partial charge on any atom is 0.229 e. The fraction of sp³-hybridized carbons (Fsp3) is 0.316. The molecule has 3 rings (SSSR count). The number of anilines is 3. The molecule has 0 atom stereocenters. The molecule has 0 amide bonds. The molecule has 1 aromatic carbocycles. The van der Waals surface area contributed by atoms with Gasteiger partial charge in [-0.05, 0) is 38.1 Å². The normalized spacial score (nSPS) is 10.8. The van der Waals surface area contributed by atoms with E-state index in [9.17, 15) is 0 Å². The first-order chi connectivity index (χ1) is 12.6. The first-order valence-corrected chi connectivity index (χ1v) is 8.74. The highest BCUT2D eigenvalue weighted by Gasteiger charge is 2.09. The number of benzene rings is 1. The highest BCUT2D eigenvalue weighted by molar-refractivity contribution is 5.61. The summed E-state index contributed by atoms with van der Waals surface area (Å²) in [6, 6.07) is 8.15. The summed E-state index contributed by atoms with van der Waals surface area (Å²) in [6.45, 7) is 4.89. The summed E-state index contributed by atoms with van der Waals surface area (Å²) in [5, 5.41) is 14.0. The van der Waals surface area contributed by atoms with E-state index >= 15 is 0 Å². The Morgan fingerprint density at radius 2 is 1.96 bits per heavy atom. The van der Waals surface area contributed by atoms with Crippen LogP contribution in [0.4, 0.5) is 17.5 Å². The lowest BCUT2D eigenvalue weighted by molar-refractivity contribution is 0.815. The Morgan fingerprint density at radius 1 is 1.12 bits per heavy atom. The van der Waals surface area contributed by atoms with Gasteiger partial charge >= 0.3 is 0 Å². The second kappa shape index (κ2) is 7.97. The van der Waals surface area contributed by atoms with Crippen LogP contribution in [0.2, 0.25) is 0 Å². The van der Waals surface area contributed by atoms with Crippen LogP contribution in [0.3, 0.4) is 0 Å².